The number of hydrogen-bond acceptors (Lipinski definition) is 4. The molecule has 1 atom stereocenters. The Labute approximate surface area is 171 Å². The lowest BCUT2D eigenvalue weighted by Crippen LogP contribution is -2.28. The van der Waals surface area contributed by atoms with Crippen LogP contribution in [0.5, 0.6) is 0 Å². The van der Waals surface area contributed by atoms with Gasteiger partial charge in [-0.05, 0) is 29.7 Å². The van der Waals surface area contributed by atoms with Crippen molar-refractivity contribution in [2.45, 2.75) is 32.3 Å². The largest absolute Gasteiger partial charge is 0.431 e. The maximum Gasteiger partial charge on any atom is 0.405 e. The van der Waals surface area contributed by atoms with Gasteiger partial charge in [-0.3, -0.25) is 9.48 Å². The minimum Gasteiger partial charge on any atom is -0.431 e. The topological polar surface area (TPSA) is 99.2 Å². The van der Waals surface area contributed by atoms with Crippen molar-refractivity contribution in [3.8, 4) is 0 Å². The summed E-state index contributed by atoms with van der Waals surface area (Å²) in [5, 5.41) is 7.22. The van der Waals surface area contributed by atoms with Gasteiger partial charge in [0.2, 0.25) is 6.10 Å². The van der Waals surface area contributed by atoms with E-state index in [1.807, 2.05) is 0 Å². The minimum atomic E-state index is -1.42. The van der Waals surface area contributed by atoms with Gasteiger partial charge in [-0.25, -0.2) is 13.6 Å². The first kappa shape index (κ1) is 21.2. The Hall–Kier alpha value is -3.49. The lowest BCUT2D eigenvalue weighted by Gasteiger charge is -2.22. The maximum atomic E-state index is 14.5. The summed E-state index contributed by atoms with van der Waals surface area (Å²) in [5.74, 6) is -2.39. The van der Waals surface area contributed by atoms with Gasteiger partial charge in [-0.2, -0.15) is 5.10 Å². The standard InChI is InChI=1S/C21H22F2N4O3/c1-21(2,3)17-14(22)8-13(9-15(17)23)26-19(28)18(30-20(24)29)11-5-6-16-12(7-11)10-25-27(16)4/h5-10,18H,1-4H3,(H2,24,29)(H,26,28)/t18-/m1/s1. The monoisotopic (exact) mass is 416 g/mol. The van der Waals surface area contributed by atoms with Gasteiger partial charge in [0.1, 0.15) is 11.6 Å². The van der Waals surface area contributed by atoms with Crippen LogP contribution in [0.3, 0.4) is 0 Å². The molecule has 0 saturated heterocycles. The van der Waals surface area contributed by atoms with Crippen LogP contribution in [0.25, 0.3) is 10.9 Å². The molecule has 9 heteroatoms. The third-order valence-electron chi connectivity index (χ3n) is 4.60. The van der Waals surface area contributed by atoms with Crippen LogP contribution in [0.4, 0.5) is 19.3 Å². The summed E-state index contributed by atoms with van der Waals surface area (Å²) in [6.45, 7) is 5.04. The number of nitrogens with zero attached hydrogens (tertiary/aromatic N) is 2. The fourth-order valence-corrected chi connectivity index (χ4v) is 3.30. The zero-order valence-corrected chi connectivity index (χ0v) is 17.0. The smallest absolute Gasteiger partial charge is 0.405 e. The Kier molecular flexibility index (Phi) is 5.47. The van der Waals surface area contributed by atoms with Crippen molar-refractivity contribution in [1.29, 1.82) is 0 Å². The van der Waals surface area contributed by atoms with E-state index in [-0.39, 0.29) is 11.3 Å². The van der Waals surface area contributed by atoms with Gasteiger partial charge in [-0.15, -0.1) is 0 Å². The third kappa shape index (κ3) is 4.24. The van der Waals surface area contributed by atoms with Crippen molar-refractivity contribution < 1.29 is 23.1 Å². The number of rotatable bonds is 4. The van der Waals surface area contributed by atoms with Gasteiger partial charge in [0, 0.05) is 29.2 Å². The highest BCUT2D eigenvalue weighted by atomic mass is 19.1. The first-order valence-electron chi connectivity index (χ1n) is 9.15. The van der Waals surface area contributed by atoms with E-state index in [4.69, 9.17) is 10.5 Å². The first-order chi connectivity index (χ1) is 14.0. The molecule has 1 aromatic heterocycles. The van der Waals surface area contributed by atoms with Crippen molar-refractivity contribution in [2.75, 3.05) is 5.32 Å². The lowest BCUT2D eigenvalue weighted by molar-refractivity contribution is -0.124. The number of aromatic nitrogens is 2. The number of aryl methyl sites for hydroxylation is 1. The molecule has 0 radical (unpaired) electrons. The summed E-state index contributed by atoms with van der Waals surface area (Å²) in [5.41, 5.74) is 5.30. The molecule has 3 N–H and O–H groups in total. The van der Waals surface area contributed by atoms with Crippen LogP contribution in [0.1, 0.15) is 38.0 Å². The Morgan fingerprint density at radius 2 is 1.80 bits per heavy atom. The maximum absolute atomic E-state index is 14.5. The SMILES string of the molecule is Cn1ncc2cc([C@@H](OC(N)=O)C(=O)Nc3cc(F)c(C(C)(C)C)c(F)c3)ccc21. The number of amides is 2. The van der Waals surface area contributed by atoms with Crippen LogP contribution < -0.4 is 11.1 Å². The fraction of sp³-hybridized carbons (Fsp3) is 0.286. The number of carbonyl (C=O) groups excluding carboxylic acids is 2. The summed E-state index contributed by atoms with van der Waals surface area (Å²) in [4.78, 5) is 24.1. The molecular weight excluding hydrogens is 394 g/mol. The van der Waals surface area contributed by atoms with Gasteiger partial charge in [0.05, 0.1) is 11.7 Å². The quantitative estimate of drug-likeness (QED) is 0.673. The van der Waals surface area contributed by atoms with Crippen LogP contribution in [0, 0.1) is 11.6 Å². The van der Waals surface area contributed by atoms with Gasteiger partial charge in [-0.1, -0.05) is 26.8 Å². The van der Waals surface area contributed by atoms with Crippen LogP contribution in [0.2, 0.25) is 0 Å². The highest BCUT2D eigenvalue weighted by molar-refractivity contribution is 5.96. The molecule has 0 fully saturated rings. The number of nitrogens with two attached hydrogens (primary N) is 1. The second-order valence-electron chi connectivity index (χ2n) is 7.96. The average molecular weight is 416 g/mol. The summed E-state index contributed by atoms with van der Waals surface area (Å²) >= 11 is 0. The van der Waals surface area contributed by atoms with Crippen molar-refractivity contribution >= 4 is 28.6 Å². The van der Waals surface area contributed by atoms with Crippen molar-refractivity contribution in [1.82, 2.24) is 9.78 Å². The molecule has 158 valence electrons. The van der Waals surface area contributed by atoms with Gasteiger partial charge in [0.25, 0.3) is 5.91 Å². The van der Waals surface area contributed by atoms with Crippen molar-refractivity contribution in [2.24, 2.45) is 12.8 Å². The third-order valence-corrected chi connectivity index (χ3v) is 4.60. The summed E-state index contributed by atoms with van der Waals surface area (Å²) in [6.07, 6.45) is -0.990. The number of ether oxygens (including phenoxy) is 1. The molecule has 7 nitrogen and oxygen atoms in total. The summed E-state index contributed by atoms with van der Waals surface area (Å²) in [7, 11) is 1.76. The number of primary amides is 1. The molecule has 0 aliphatic heterocycles. The first-order valence-corrected chi connectivity index (χ1v) is 9.15. The Balaban J connectivity index is 1.93. The molecule has 2 aromatic carbocycles. The molecule has 1 heterocycles. The predicted molar refractivity (Wildman–Crippen MR) is 108 cm³/mol. The molecule has 0 bridgehead atoms. The van der Waals surface area contributed by atoms with Crippen molar-refractivity contribution in [3.05, 3.63) is 59.3 Å². The molecule has 0 aliphatic rings. The van der Waals surface area contributed by atoms with Gasteiger partial charge >= 0.3 is 6.09 Å². The molecule has 0 unspecified atom stereocenters. The van der Waals surface area contributed by atoms with E-state index in [2.05, 4.69) is 10.4 Å². The van der Waals surface area contributed by atoms with E-state index in [9.17, 15) is 18.4 Å². The predicted octanol–water partition coefficient (Wildman–Crippen LogP) is 3.92. The molecule has 0 saturated carbocycles. The van der Waals surface area contributed by atoms with E-state index in [0.717, 1.165) is 17.6 Å². The second kappa shape index (κ2) is 7.74. The zero-order valence-electron chi connectivity index (χ0n) is 17.0. The highest BCUT2D eigenvalue weighted by Gasteiger charge is 2.27. The number of fused-ring (bicyclic) bond motifs is 1. The van der Waals surface area contributed by atoms with Crippen molar-refractivity contribution in [3.63, 3.8) is 0 Å². The van der Waals surface area contributed by atoms with E-state index < -0.39 is 35.2 Å². The number of benzene rings is 2. The number of carbonyl (C=O) groups is 2. The molecule has 0 spiro atoms. The molecule has 2 amide bonds. The molecule has 30 heavy (non-hydrogen) atoms. The van der Waals surface area contributed by atoms with E-state index in [0.29, 0.717) is 10.9 Å². The van der Waals surface area contributed by atoms with Crippen LogP contribution in [0.15, 0.2) is 36.5 Å². The molecular formula is C21H22F2N4O3. The van der Waals surface area contributed by atoms with E-state index >= 15 is 0 Å². The second-order valence-corrected chi connectivity index (χ2v) is 7.96. The van der Waals surface area contributed by atoms with Gasteiger partial charge in [0.15, 0.2) is 0 Å². The normalized spacial score (nSPS) is 12.6. The molecule has 0 aliphatic carbocycles. The Morgan fingerprint density at radius 1 is 1.17 bits per heavy atom. The van der Waals surface area contributed by atoms with Gasteiger partial charge < -0.3 is 15.8 Å². The van der Waals surface area contributed by atoms with Crippen LogP contribution in [-0.4, -0.2) is 21.8 Å². The average Bonchev–Trinajstić information content (AvgIpc) is 2.98. The van der Waals surface area contributed by atoms with E-state index in [1.54, 1.807) is 56.9 Å². The van der Waals surface area contributed by atoms with Crippen LogP contribution in [-0.2, 0) is 22.0 Å². The fourth-order valence-electron chi connectivity index (χ4n) is 3.30. The summed E-state index contributed by atoms with van der Waals surface area (Å²) in [6, 6.07) is 6.96. The highest BCUT2D eigenvalue weighted by Crippen LogP contribution is 2.31. The summed E-state index contributed by atoms with van der Waals surface area (Å²) < 4.78 is 35.5. The molecule has 3 rings (SSSR count). The number of nitrogens with one attached hydrogen (secondary N) is 1. The van der Waals surface area contributed by atoms with E-state index in [1.165, 1.54) is 0 Å². The molecule has 3 aromatic rings. The van der Waals surface area contributed by atoms with Crippen LogP contribution >= 0.6 is 0 Å². The Morgan fingerprint density at radius 3 is 2.37 bits per heavy atom. The number of anilines is 1. The minimum absolute atomic E-state index is 0.0903. The lowest BCUT2D eigenvalue weighted by atomic mass is 9.86. The zero-order chi connectivity index (χ0) is 22.2. The number of halogens is 2. The number of hydrogen-bond donors (Lipinski definition) is 2. The Bertz CT molecular complexity index is 1110.